The summed E-state index contributed by atoms with van der Waals surface area (Å²) < 4.78 is 27.7. The molecule has 3 aromatic rings. The molecule has 11 heteroatoms. The van der Waals surface area contributed by atoms with E-state index in [2.05, 4.69) is 10.3 Å². The fourth-order valence-corrected chi connectivity index (χ4v) is 7.59. The van der Waals surface area contributed by atoms with Gasteiger partial charge in [-0.3, -0.25) is 9.59 Å². The van der Waals surface area contributed by atoms with Crippen molar-refractivity contribution in [3.63, 3.8) is 0 Å². The zero-order valence-corrected chi connectivity index (χ0v) is 19.6. The van der Waals surface area contributed by atoms with E-state index in [1.54, 1.807) is 0 Å². The Morgan fingerprint density at radius 2 is 1.90 bits per heavy atom. The summed E-state index contributed by atoms with van der Waals surface area (Å²) in [7, 11) is -3.83. The lowest BCUT2D eigenvalue weighted by Gasteiger charge is -2.22. The van der Waals surface area contributed by atoms with Gasteiger partial charge in [-0.15, -0.1) is 11.3 Å². The smallest absolute Gasteiger partial charge is 0.253 e. The maximum atomic E-state index is 13.0. The molecule has 2 aromatic heterocycles. The molecule has 0 radical (unpaired) electrons. The van der Waals surface area contributed by atoms with Crippen LogP contribution < -0.4 is 5.32 Å². The van der Waals surface area contributed by atoms with Crippen molar-refractivity contribution >= 4 is 61.1 Å². The van der Waals surface area contributed by atoms with Gasteiger partial charge in [-0.25, -0.2) is 13.4 Å². The summed E-state index contributed by atoms with van der Waals surface area (Å²) in [6.45, 7) is 1.70. The van der Waals surface area contributed by atoms with E-state index in [0.29, 0.717) is 27.7 Å². The fraction of sp³-hybridized carbons (Fsp3) is 0.250. The van der Waals surface area contributed by atoms with Crippen molar-refractivity contribution in [2.45, 2.75) is 30.0 Å². The summed E-state index contributed by atoms with van der Waals surface area (Å²) in [6.07, 6.45) is 0.975. The zero-order valence-electron chi connectivity index (χ0n) is 16.4. The minimum absolute atomic E-state index is 0.108. The number of hydrogen-bond acceptors (Lipinski definition) is 7. The third-order valence-electron chi connectivity index (χ3n) is 4.84. The molecule has 3 heterocycles. The maximum absolute atomic E-state index is 13.0. The number of aromatic nitrogens is 1. The molecular formula is C20H18ClN3O4S3. The standard InChI is InChI=1S/C20H18ClN3O4S3/c1-12(25)18-17(13-6-3-2-4-7-13)22-20(30-18)23-19(26)14-8-5-11-24(14)31(27,28)16-10-9-15(21)29-16/h2-4,6-7,9-10,14H,5,8,11H2,1H3,(H,22,23,26). The van der Waals surface area contributed by atoms with Crippen LogP contribution >= 0.6 is 34.3 Å². The van der Waals surface area contributed by atoms with E-state index in [9.17, 15) is 18.0 Å². The van der Waals surface area contributed by atoms with Gasteiger partial charge >= 0.3 is 0 Å². The van der Waals surface area contributed by atoms with Crippen molar-refractivity contribution in [1.82, 2.24) is 9.29 Å². The Morgan fingerprint density at radius 3 is 2.55 bits per heavy atom. The van der Waals surface area contributed by atoms with Crippen LogP contribution in [0.4, 0.5) is 5.13 Å². The number of benzene rings is 1. The second kappa shape index (κ2) is 8.79. The molecule has 1 aliphatic heterocycles. The van der Waals surface area contributed by atoms with E-state index < -0.39 is 22.0 Å². The summed E-state index contributed by atoms with van der Waals surface area (Å²) in [4.78, 5) is 30.0. The molecule has 1 unspecified atom stereocenters. The lowest BCUT2D eigenvalue weighted by molar-refractivity contribution is -0.119. The molecule has 0 aliphatic carbocycles. The third-order valence-corrected chi connectivity index (χ3v) is 9.52. The molecule has 1 aliphatic rings. The summed E-state index contributed by atoms with van der Waals surface area (Å²) in [5, 5.41) is 2.98. The van der Waals surface area contributed by atoms with Gasteiger partial charge < -0.3 is 5.32 Å². The Balaban J connectivity index is 1.59. The highest BCUT2D eigenvalue weighted by Crippen LogP contribution is 2.34. The Hall–Kier alpha value is -2.11. The molecule has 1 aromatic carbocycles. The average molecular weight is 496 g/mol. The summed E-state index contributed by atoms with van der Waals surface area (Å²) in [6, 6.07) is 11.3. The first-order valence-corrected chi connectivity index (χ1v) is 12.9. The van der Waals surface area contributed by atoms with Crippen molar-refractivity contribution < 1.29 is 18.0 Å². The van der Waals surface area contributed by atoms with E-state index in [4.69, 9.17) is 11.6 Å². The van der Waals surface area contributed by atoms with Crippen molar-refractivity contribution in [2.75, 3.05) is 11.9 Å². The van der Waals surface area contributed by atoms with Crippen LogP contribution in [0.2, 0.25) is 4.34 Å². The highest BCUT2D eigenvalue weighted by Gasteiger charge is 2.40. The summed E-state index contributed by atoms with van der Waals surface area (Å²) >= 11 is 7.94. The predicted molar refractivity (Wildman–Crippen MR) is 122 cm³/mol. The Morgan fingerprint density at radius 1 is 1.16 bits per heavy atom. The van der Waals surface area contributed by atoms with Gasteiger partial charge in [0, 0.05) is 19.0 Å². The SMILES string of the molecule is CC(=O)c1sc(NC(=O)C2CCCN2S(=O)(=O)c2ccc(Cl)s2)nc1-c1ccccc1. The normalized spacial score (nSPS) is 17.0. The second-order valence-electron chi connectivity index (χ2n) is 6.94. The van der Waals surface area contributed by atoms with Crippen LogP contribution in [-0.2, 0) is 14.8 Å². The monoisotopic (exact) mass is 495 g/mol. The van der Waals surface area contributed by atoms with Gasteiger partial charge in [-0.05, 0) is 25.0 Å². The molecule has 1 amide bonds. The second-order valence-corrected chi connectivity index (χ2v) is 11.8. The van der Waals surface area contributed by atoms with E-state index in [0.717, 1.165) is 28.2 Å². The van der Waals surface area contributed by atoms with Crippen LogP contribution in [-0.4, -0.2) is 42.0 Å². The molecule has 4 rings (SSSR count). The number of rotatable bonds is 6. The molecule has 1 saturated heterocycles. The van der Waals surface area contributed by atoms with Crippen molar-refractivity contribution in [3.8, 4) is 11.3 Å². The number of hydrogen-bond donors (Lipinski definition) is 1. The van der Waals surface area contributed by atoms with Crippen molar-refractivity contribution in [3.05, 3.63) is 51.7 Å². The molecule has 0 bridgehead atoms. The number of sulfonamides is 1. The summed E-state index contributed by atoms with van der Waals surface area (Å²) in [5.41, 5.74) is 1.27. The number of carbonyl (C=O) groups excluding carboxylic acids is 2. The number of ketones is 1. The minimum atomic E-state index is -3.83. The summed E-state index contributed by atoms with van der Waals surface area (Å²) in [5.74, 6) is -0.622. The highest BCUT2D eigenvalue weighted by molar-refractivity contribution is 7.91. The number of thiazole rings is 1. The zero-order chi connectivity index (χ0) is 22.2. The number of halogens is 1. The molecule has 31 heavy (non-hydrogen) atoms. The molecule has 162 valence electrons. The van der Waals surface area contributed by atoms with Gasteiger partial charge in [0.2, 0.25) is 5.91 Å². The van der Waals surface area contributed by atoms with Crippen LogP contribution in [0.1, 0.15) is 29.4 Å². The number of nitrogens with zero attached hydrogens (tertiary/aromatic N) is 2. The number of anilines is 1. The van der Waals surface area contributed by atoms with Crippen molar-refractivity contribution in [2.24, 2.45) is 0 Å². The molecule has 0 saturated carbocycles. The minimum Gasteiger partial charge on any atom is -0.301 e. The first kappa shape index (κ1) is 22.1. The Labute approximate surface area is 192 Å². The lowest BCUT2D eigenvalue weighted by Crippen LogP contribution is -2.42. The molecule has 1 fully saturated rings. The number of amides is 1. The molecule has 1 atom stereocenters. The van der Waals surface area contributed by atoms with Crippen LogP contribution in [0.15, 0.2) is 46.7 Å². The van der Waals surface area contributed by atoms with Crippen LogP contribution in [0.5, 0.6) is 0 Å². The van der Waals surface area contributed by atoms with Crippen LogP contribution in [0.3, 0.4) is 0 Å². The average Bonchev–Trinajstić information content (AvgIpc) is 3.48. The number of thiophene rings is 1. The van der Waals surface area contributed by atoms with Gasteiger partial charge in [0.25, 0.3) is 10.0 Å². The number of nitrogens with one attached hydrogen (secondary N) is 1. The predicted octanol–water partition coefficient (Wildman–Crippen LogP) is 4.52. The highest BCUT2D eigenvalue weighted by atomic mass is 35.5. The fourth-order valence-electron chi connectivity index (χ4n) is 3.43. The largest absolute Gasteiger partial charge is 0.301 e. The quantitative estimate of drug-likeness (QED) is 0.507. The lowest BCUT2D eigenvalue weighted by atomic mass is 10.1. The number of carbonyl (C=O) groups is 2. The van der Waals surface area contributed by atoms with E-state index >= 15 is 0 Å². The van der Waals surface area contributed by atoms with Gasteiger partial charge in [-0.2, -0.15) is 4.31 Å². The van der Waals surface area contributed by atoms with Gasteiger partial charge in [0.05, 0.1) is 14.9 Å². The van der Waals surface area contributed by atoms with Gasteiger partial charge in [-0.1, -0.05) is 53.3 Å². The Kier molecular flexibility index (Phi) is 6.27. The van der Waals surface area contributed by atoms with Gasteiger partial charge in [0.15, 0.2) is 10.9 Å². The van der Waals surface area contributed by atoms with Crippen LogP contribution in [0, 0.1) is 0 Å². The first-order valence-electron chi connectivity index (χ1n) is 9.42. The molecule has 7 nitrogen and oxygen atoms in total. The number of Topliss-reactive ketones (excluding diaryl/α,β-unsaturated/α-hetero) is 1. The van der Waals surface area contributed by atoms with E-state index in [-0.39, 0.29) is 21.7 Å². The third kappa shape index (κ3) is 4.44. The van der Waals surface area contributed by atoms with Crippen LogP contribution in [0.25, 0.3) is 11.3 Å². The first-order chi connectivity index (χ1) is 14.8. The Bertz CT molecular complexity index is 1240. The maximum Gasteiger partial charge on any atom is 0.253 e. The molecular weight excluding hydrogens is 478 g/mol. The molecule has 1 N–H and O–H groups in total. The topological polar surface area (TPSA) is 96.4 Å². The van der Waals surface area contributed by atoms with Gasteiger partial charge in [0.1, 0.15) is 10.3 Å². The van der Waals surface area contributed by atoms with E-state index in [1.807, 2.05) is 30.3 Å². The van der Waals surface area contributed by atoms with Crippen molar-refractivity contribution in [1.29, 1.82) is 0 Å². The molecule has 0 spiro atoms. The van der Waals surface area contributed by atoms with E-state index in [1.165, 1.54) is 23.4 Å².